The summed E-state index contributed by atoms with van der Waals surface area (Å²) in [6, 6.07) is 0. The van der Waals surface area contributed by atoms with Gasteiger partial charge in [-0.15, -0.1) is 0 Å². The number of imidazole rings is 1. The highest BCUT2D eigenvalue weighted by Crippen LogP contribution is 2.30. The SMILES string of the molecule is CCn1ncnc1-c1nccn1CC1(O)CCCCC1. The van der Waals surface area contributed by atoms with Crippen LogP contribution in [0.1, 0.15) is 39.0 Å². The average Bonchev–Trinajstić information content (AvgIpc) is 3.06. The van der Waals surface area contributed by atoms with Gasteiger partial charge >= 0.3 is 0 Å². The van der Waals surface area contributed by atoms with Crippen molar-refractivity contribution in [2.75, 3.05) is 0 Å². The Morgan fingerprint density at radius 2 is 2.00 bits per heavy atom. The van der Waals surface area contributed by atoms with E-state index in [1.807, 2.05) is 22.4 Å². The van der Waals surface area contributed by atoms with Crippen LogP contribution in [0, 0.1) is 0 Å². The van der Waals surface area contributed by atoms with E-state index in [9.17, 15) is 5.11 Å². The number of hydrogen-bond donors (Lipinski definition) is 1. The summed E-state index contributed by atoms with van der Waals surface area (Å²) in [4.78, 5) is 8.69. The molecule has 1 saturated carbocycles. The van der Waals surface area contributed by atoms with Crippen molar-refractivity contribution in [3.8, 4) is 11.6 Å². The number of aliphatic hydroxyl groups is 1. The van der Waals surface area contributed by atoms with Gasteiger partial charge in [-0.05, 0) is 19.8 Å². The fourth-order valence-electron chi connectivity index (χ4n) is 3.00. The molecular weight excluding hydrogens is 254 g/mol. The topological polar surface area (TPSA) is 68.8 Å². The van der Waals surface area contributed by atoms with Gasteiger partial charge < -0.3 is 9.67 Å². The van der Waals surface area contributed by atoms with Crippen LogP contribution in [-0.2, 0) is 13.1 Å². The summed E-state index contributed by atoms with van der Waals surface area (Å²) in [7, 11) is 0. The summed E-state index contributed by atoms with van der Waals surface area (Å²) in [5.41, 5.74) is -0.606. The van der Waals surface area contributed by atoms with Gasteiger partial charge in [0.1, 0.15) is 6.33 Å². The Balaban J connectivity index is 1.87. The standard InChI is InChI=1S/C14H21N5O/c1-2-19-13(16-11-17-19)12-15-8-9-18(12)10-14(20)6-4-3-5-7-14/h8-9,11,20H,2-7,10H2,1H3. The summed E-state index contributed by atoms with van der Waals surface area (Å²) in [5, 5.41) is 14.9. The van der Waals surface area contributed by atoms with Crippen molar-refractivity contribution < 1.29 is 5.11 Å². The molecule has 6 heteroatoms. The Hall–Kier alpha value is -1.69. The lowest BCUT2D eigenvalue weighted by Gasteiger charge is -2.32. The lowest BCUT2D eigenvalue weighted by atomic mass is 9.85. The molecule has 0 aliphatic heterocycles. The zero-order valence-corrected chi connectivity index (χ0v) is 11.9. The van der Waals surface area contributed by atoms with Crippen LogP contribution in [-0.4, -0.2) is 35.0 Å². The summed E-state index contributed by atoms with van der Waals surface area (Å²) in [6.45, 7) is 3.37. The van der Waals surface area contributed by atoms with Crippen molar-refractivity contribution in [2.45, 2.75) is 57.7 Å². The number of nitrogens with zero attached hydrogens (tertiary/aromatic N) is 5. The Labute approximate surface area is 118 Å². The lowest BCUT2D eigenvalue weighted by Crippen LogP contribution is -2.36. The van der Waals surface area contributed by atoms with Crippen molar-refractivity contribution in [3.63, 3.8) is 0 Å². The van der Waals surface area contributed by atoms with Gasteiger partial charge in [-0.25, -0.2) is 14.6 Å². The smallest absolute Gasteiger partial charge is 0.194 e. The molecule has 1 N–H and O–H groups in total. The van der Waals surface area contributed by atoms with E-state index in [-0.39, 0.29) is 0 Å². The van der Waals surface area contributed by atoms with E-state index < -0.39 is 5.60 Å². The van der Waals surface area contributed by atoms with Crippen LogP contribution in [0.2, 0.25) is 0 Å². The number of rotatable bonds is 4. The maximum atomic E-state index is 10.7. The molecule has 0 bridgehead atoms. The Morgan fingerprint density at radius 1 is 1.20 bits per heavy atom. The van der Waals surface area contributed by atoms with Crippen molar-refractivity contribution >= 4 is 0 Å². The molecule has 0 aromatic carbocycles. The van der Waals surface area contributed by atoms with Gasteiger partial charge in [0.15, 0.2) is 11.6 Å². The molecule has 0 unspecified atom stereocenters. The van der Waals surface area contributed by atoms with Gasteiger partial charge in [0, 0.05) is 18.9 Å². The Bertz CT molecular complexity index is 568. The van der Waals surface area contributed by atoms with Crippen LogP contribution in [0.15, 0.2) is 18.7 Å². The van der Waals surface area contributed by atoms with E-state index in [1.54, 1.807) is 12.5 Å². The zero-order chi connectivity index (χ0) is 14.0. The minimum absolute atomic E-state index is 0.582. The summed E-state index contributed by atoms with van der Waals surface area (Å²) in [5.74, 6) is 1.54. The Kier molecular flexibility index (Phi) is 3.56. The summed E-state index contributed by atoms with van der Waals surface area (Å²) < 4.78 is 3.82. The van der Waals surface area contributed by atoms with Gasteiger partial charge in [-0.2, -0.15) is 5.10 Å². The fourth-order valence-corrected chi connectivity index (χ4v) is 3.00. The molecule has 2 aromatic rings. The molecule has 0 spiro atoms. The van der Waals surface area contributed by atoms with E-state index in [0.717, 1.165) is 43.9 Å². The van der Waals surface area contributed by atoms with Crippen LogP contribution in [0.5, 0.6) is 0 Å². The summed E-state index contributed by atoms with van der Waals surface area (Å²) in [6.07, 6.45) is 10.4. The zero-order valence-electron chi connectivity index (χ0n) is 11.9. The van der Waals surface area contributed by atoms with E-state index >= 15 is 0 Å². The van der Waals surface area contributed by atoms with Crippen LogP contribution >= 0.6 is 0 Å². The van der Waals surface area contributed by atoms with Crippen LogP contribution in [0.25, 0.3) is 11.6 Å². The second kappa shape index (κ2) is 5.36. The van der Waals surface area contributed by atoms with Crippen molar-refractivity contribution in [3.05, 3.63) is 18.7 Å². The molecule has 6 nitrogen and oxygen atoms in total. The molecule has 2 aromatic heterocycles. The maximum Gasteiger partial charge on any atom is 0.194 e. The van der Waals surface area contributed by atoms with Gasteiger partial charge in [0.25, 0.3) is 0 Å². The molecule has 1 fully saturated rings. The third kappa shape index (κ3) is 2.47. The molecule has 1 aliphatic rings. The molecule has 0 saturated heterocycles. The highest BCUT2D eigenvalue weighted by molar-refractivity contribution is 5.43. The van der Waals surface area contributed by atoms with E-state index in [4.69, 9.17) is 0 Å². The quantitative estimate of drug-likeness (QED) is 0.924. The van der Waals surface area contributed by atoms with Gasteiger partial charge in [0.2, 0.25) is 0 Å². The van der Waals surface area contributed by atoms with Gasteiger partial charge in [-0.1, -0.05) is 19.3 Å². The van der Waals surface area contributed by atoms with Gasteiger partial charge in [0.05, 0.1) is 12.1 Å². The highest BCUT2D eigenvalue weighted by Gasteiger charge is 2.30. The molecule has 20 heavy (non-hydrogen) atoms. The molecule has 3 rings (SSSR count). The predicted molar refractivity (Wildman–Crippen MR) is 75.0 cm³/mol. The van der Waals surface area contributed by atoms with E-state index in [0.29, 0.717) is 6.54 Å². The second-order valence-corrected chi connectivity index (χ2v) is 5.56. The molecule has 2 heterocycles. The fraction of sp³-hybridized carbons (Fsp3) is 0.643. The monoisotopic (exact) mass is 275 g/mol. The third-order valence-corrected chi connectivity index (χ3v) is 4.08. The molecule has 0 radical (unpaired) electrons. The van der Waals surface area contributed by atoms with E-state index in [2.05, 4.69) is 15.1 Å². The highest BCUT2D eigenvalue weighted by atomic mass is 16.3. The third-order valence-electron chi connectivity index (χ3n) is 4.08. The maximum absolute atomic E-state index is 10.7. The van der Waals surface area contributed by atoms with Gasteiger partial charge in [-0.3, -0.25) is 0 Å². The Morgan fingerprint density at radius 3 is 2.75 bits per heavy atom. The number of aromatic nitrogens is 5. The molecule has 0 amide bonds. The first-order valence-electron chi connectivity index (χ1n) is 7.33. The molecule has 108 valence electrons. The molecular formula is C14H21N5O. The summed E-state index contributed by atoms with van der Waals surface area (Å²) >= 11 is 0. The molecule has 1 aliphatic carbocycles. The van der Waals surface area contributed by atoms with Crippen molar-refractivity contribution in [1.82, 2.24) is 24.3 Å². The van der Waals surface area contributed by atoms with Crippen LogP contribution in [0.3, 0.4) is 0 Å². The average molecular weight is 275 g/mol. The largest absolute Gasteiger partial charge is 0.388 e. The predicted octanol–water partition coefficient (Wildman–Crippen LogP) is 1.86. The number of hydrogen-bond acceptors (Lipinski definition) is 4. The van der Waals surface area contributed by atoms with Crippen molar-refractivity contribution in [1.29, 1.82) is 0 Å². The first kappa shape index (κ1) is 13.3. The van der Waals surface area contributed by atoms with Crippen LogP contribution in [0.4, 0.5) is 0 Å². The molecule has 0 atom stereocenters. The lowest BCUT2D eigenvalue weighted by molar-refractivity contribution is -0.0111. The number of aryl methyl sites for hydroxylation is 1. The minimum Gasteiger partial charge on any atom is -0.388 e. The van der Waals surface area contributed by atoms with Crippen molar-refractivity contribution in [2.24, 2.45) is 0 Å². The minimum atomic E-state index is -0.606. The normalized spacial score (nSPS) is 18.3. The van der Waals surface area contributed by atoms with Crippen LogP contribution < -0.4 is 0 Å². The first-order valence-corrected chi connectivity index (χ1v) is 7.33. The first-order chi connectivity index (χ1) is 9.72. The second-order valence-electron chi connectivity index (χ2n) is 5.56. The van der Waals surface area contributed by atoms with E-state index in [1.165, 1.54) is 6.42 Å².